The number of halogens is 2. The minimum Gasteiger partial charge on any atom is -0.481 e. The first-order valence-electron chi connectivity index (χ1n) is 5.38. The number of aliphatic carboxylic acids is 1. The highest BCUT2D eigenvalue weighted by atomic mass is 35.5. The lowest BCUT2D eigenvalue weighted by Crippen LogP contribution is -2.06. The Morgan fingerprint density at radius 1 is 1.45 bits per heavy atom. The van der Waals surface area contributed by atoms with Crippen molar-refractivity contribution in [2.75, 3.05) is 5.75 Å². The van der Waals surface area contributed by atoms with Crippen LogP contribution in [0.1, 0.15) is 5.82 Å². The number of carboxylic acids is 1. The fourth-order valence-electron chi connectivity index (χ4n) is 1.52. The van der Waals surface area contributed by atoms with Gasteiger partial charge in [0, 0.05) is 0 Å². The van der Waals surface area contributed by atoms with Gasteiger partial charge >= 0.3 is 5.97 Å². The van der Waals surface area contributed by atoms with Crippen LogP contribution < -0.4 is 0 Å². The maximum Gasteiger partial charge on any atom is 0.313 e. The van der Waals surface area contributed by atoms with Gasteiger partial charge in [0.05, 0.1) is 16.5 Å². The smallest absolute Gasteiger partial charge is 0.313 e. The molecule has 2 rings (SSSR count). The minimum absolute atomic E-state index is 0.144. The van der Waals surface area contributed by atoms with Gasteiger partial charge in [-0.05, 0) is 18.2 Å². The van der Waals surface area contributed by atoms with Crippen LogP contribution in [0.5, 0.6) is 0 Å². The lowest BCUT2D eigenvalue weighted by atomic mass is 10.3. The Kier molecular flexibility index (Phi) is 4.58. The largest absolute Gasteiger partial charge is 0.481 e. The molecule has 0 aliphatic rings. The second-order valence-electron chi connectivity index (χ2n) is 3.67. The zero-order valence-corrected chi connectivity index (χ0v) is 11.5. The average molecular weight is 318 g/mol. The van der Waals surface area contributed by atoms with Crippen LogP contribution in [0.3, 0.4) is 0 Å². The van der Waals surface area contributed by atoms with Gasteiger partial charge < -0.3 is 10.2 Å². The van der Waals surface area contributed by atoms with E-state index in [0.717, 1.165) is 17.8 Å². The normalized spacial score (nSPS) is 10.8. The van der Waals surface area contributed by atoms with Gasteiger partial charge in [0.2, 0.25) is 0 Å². The third kappa shape index (κ3) is 3.09. The van der Waals surface area contributed by atoms with Crippen LogP contribution in [0.2, 0.25) is 5.02 Å². The third-order valence-electron chi connectivity index (χ3n) is 2.32. The molecule has 2 N–H and O–H groups in total. The Bertz CT molecular complexity index is 650. The number of rotatable bonds is 5. The molecule has 9 heteroatoms. The van der Waals surface area contributed by atoms with E-state index in [1.807, 2.05) is 0 Å². The van der Waals surface area contributed by atoms with Gasteiger partial charge in [0.1, 0.15) is 12.4 Å². The van der Waals surface area contributed by atoms with Crippen molar-refractivity contribution in [2.45, 2.75) is 11.8 Å². The third-order valence-corrected chi connectivity index (χ3v) is 3.55. The Morgan fingerprint density at radius 2 is 2.20 bits per heavy atom. The van der Waals surface area contributed by atoms with Crippen molar-refractivity contribution >= 4 is 29.3 Å². The van der Waals surface area contributed by atoms with Crippen molar-refractivity contribution in [2.24, 2.45) is 0 Å². The average Bonchev–Trinajstić information content (AvgIpc) is 2.82. The SMILES string of the molecule is O=C(O)CSc1nnc(CO)n1-c1cc(F)ccc1Cl. The Hall–Kier alpha value is -1.64. The van der Waals surface area contributed by atoms with E-state index in [1.165, 1.54) is 16.7 Å². The van der Waals surface area contributed by atoms with E-state index < -0.39 is 18.4 Å². The summed E-state index contributed by atoms with van der Waals surface area (Å²) in [6.07, 6.45) is 0. The molecule has 6 nitrogen and oxygen atoms in total. The number of aromatic nitrogens is 3. The zero-order chi connectivity index (χ0) is 14.7. The number of aliphatic hydroxyl groups is 1. The van der Waals surface area contributed by atoms with Crippen LogP contribution in [0.4, 0.5) is 4.39 Å². The molecule has 20 heavy (non-hydrogen) atoms. The second kappa shape index (κ2) is 6.21. The molecule has 0 saturated heterocycles. The zero-order valence-electron chi connectivity index (χ0n) is 9.95. The number of nitrogens with zero attached hydrogens (tertiary/aromatic N) is 3. The molecular weight excluding hydrogens is 309 g/mol. The van der Waals surface area contributed by atoms with Crippen molar-refractivity contribution in [3.8, 4) is 5.69 Å². The number of hydrogen-bond acceptors (Lipinski definition) is 5. The quantitative estimate of drug-likeness (QED) is 0.816. The summed E-state index contributed by atoms with van der Waals surface area (Å²) in [5.74, 6) is -1.64. The van der Waals surface area contributed by atoms with Crippen LogP contribution in [0.15, 0.2) is 23.4 Å². The summed E-state index contributed by atoms with van der Waals surface area (Å²) in [5.41, 5.74) is 0.244. The van der Waals surface area contributed by atoms with E-state index in [2.05, 4.69) is 10.2 Å². The summed E-state index contributed by atoms with van der Waals surface area (Å²) in [6.45, 7) is -0.437. The Labute approximate surface area is 122 Å². The highest BCUT2D eigenvalue weighted by Gasteiger charge is 2.17. The fourth-order valence-corrected chi connectivity index (χ4v) is 2.41. The first-order valence-corrected chi connectivity index (χ1v) is 6.74. The van der Waals surface area contributed by atoms with Crippen LogP contribution >= 0.6 is 23.4 Å². The molecular formula is C11H9ClFN3O3S. The Morgan fingerprint density at radius 3 is 2.85 bits per heavy atom. The molecule has 0 aliphatic heterocycles. The molecule has 0 unspecified atom stereocenters. The monoisotopic (exact) mass is 317 g/mol. The van der Waals surface area contributed by atoms with Gasteiger partial charge in [0.15, 0.2) is 11.0 Å². The maximum absolute atomic E-state index is 13.3. The highest BCUT2D eigenvalue weighted by Crippen LogP contribution is 2.27. The van der Waals surface area contributed by atoms with Gasteiger partial charge in [0.25, 0.3) is 0 Å². The fraction of sp³-hybridized carbons (Fsp3) is 0.182. The maximum atomic E-state index is 13.3. The molecule has 2 aromatic rings. The van der Waals surface area contributed by atoms with E-state index in [0.29, 0.717) is 0 Å². The number of benzene rings is 1. The first-order chi connectivity index (χ1) is 9.52. The van der Waals surface area contributed by atoms with Crippen LogP contribution in [-0.2, 0) is 11.4 Å². The molecule has 0 atom stereocenters. The van der Waals surface area contributed by atoms with Crippen LogP contribution in [0, 0.1) is 5.82 Å². The number of hydrogen-bond donors (Lipinski definition) is 2. The van der Waals surface area contributed by atoms with Crippen molar-refractivity contribution < 1.29 is 19.4 Å². The molecule has 1 heterocycles. The molecule has 0 amide bonds. The first kappa shape index (κ1) is 14.8. The summed E-state index contributed by atoms with van der Waals surface area (Å²) >= 11 is 6.90. The molecule has 0 bridgehead atoms. The van der Waals surface area contributed by atoms with Crippen molar-refractivity contribution in [1.82, 2.24) is 14.8 Å². The van der Waals surface area contributed by atoms with E-state index in [-0.39, 0.29) is 27.4 Å². The van der Waals surface area contributed by atoms with E-state index in [9.17, 15) is 14.3 Å². The topological polar surface area (TPSA) is 88.2 Å². The predicted octanol–water partition coefficient (Wildman–Crippen LogP) is 1.73. The molecule has 0 saturated carbocycles. The van der Waals surface area contributed by atoms with Crippen LogP contribution in [-0.4, -0.2) is 36.7 Å². The summed E-state index contributed by atoms with van der Waals surface area (Å²) in [7, 11) is 0. The standard InChI is InChI=1S/C11H9ClFN3O3S/c12-7-2-1-6(13)3-8(7)16-9(4-17)14-15-11(16)20-5-10(18)19/h1-3,17H,4-5H2,(H,18,19). The molecule has 1 aromatic heterocycles. The van der Waals surface area contributed by atoms with Gasteiger partial charge in [-0.3, -0.25) is 9.36 Å². The minimum atomic E-state index is -1.03. The lowest BCUT2D eigenvalue weighted by Gasteiger charge is -2.10. The molecule has 0 spiro atoms. The summed E-state index contributed by atoms with van der Waals surface area (Å²) in [5, 5.41) is 25.9. The second-order valence-corrected chi connectivity index (χ2v) is 5.02. The van der Waals surface area contributed by atoms with Gasteiger partial charge in [-0.2, -0.15) is 0 Å². The van der Waals surface area contributed by atoms with Crippen molar-refractivity contribution in [3.63, 3.8) is 0 Å². The highest BCUT2D eigenvalue weighted by molar-refractivity contribution is 7.99. The van der Waals surface area contributed by atoms with Gasteiger partial charge in [-0.25, -0.2) is 4.39 Å². The van der Waals surface area contributed by atoms with Crippen molar-refractivity contribution in [3.05, 3.63) is 34.9 Å². The molecule has 1 aromatic carbocycles. The molecule has 106 valence electrons. The summed E-state index contributed by atoms with van der Waals surface area (Å²) in [6, 6.07) is 3.72. The number of thioether (sulfide) groups is 1. The molecule has 0 radical (unpaired) electrons. The van der Waals surface area contributed by atoms with Gasteiger partial charge in [-0.15, -0.1) is 10.2 Å². The molecule has 0 aliphatic carbocycles. The number of aliphatic hydroxyl groups excluding tert-OH is 1. The van der Waals surface area contributed by atoms with Crippen molar-refractivity contribution in [1.29, 1.82) is 0 Å². The number of carboxylic acid groups (broad SMARTS) is 1. The van der Waals surface area contributed by atoms with E-state index in [4.69, 9.17) is 16.7 Å². The van der Waals surface area contributed by atoms with E-state index >= 15 is 0 Å². The lowest BCUT2D eigenvalue weighted by molar-refractivity contribution is -0.133. The summed E-state index contributed by atoms with van der Waals surface area (Å²) in [4.78, 5) is 10.6. The molecule has 0 fully saturated rings. The van der Waals surface area contributed by atoms with Crippen LogP contribution in [0.25, 0.3) is 5.69 Å². The van der Waals surface area contributed by atoms with Gasteiger partial charge in [-0.1, -0.05) is 23.4 Å². The predicted molar refractivity (Wildman–Crippen MR) is 70.6 cm³/mol. The van der Waals surface area contributed by atoms with E-state index in [1.54, 1.807) is 0 Å². The number of carbonyl (C=O) groups is 1. The Balaban J connectivity index is 2.50. The summed E-state index contributed by atoms with van der Waals surface area (Å²) < 4.78 is 14.7.